The van der Waals surface area contributed by atoms with Gasteiger partial charge in [0.05, 0.1) is 0 Å². The zero-order valence-electron chi connectivity index (χ0n) is 14.3. The molecule has 0 spiro atoms. The number of halogens is 1. The summed E-state index contributed by atoms with van der Waals surface area (Å²) < 4.78 is 12.9. The Kier molecular flexibility index (Phi) is 5.43. The fourth-order valence-electron chi connectivity index (χ4n) is 3.06. The molecule has 0 atom stereocenters. The topological polar surface area (TPSA) is 36.4 Å². The SMILES string of the molecule is CN(C(=O)C=Cc1ccc(F)cc1)C1CCN(c2ccccn2)CC1. The molecule has 0 radical (unpaired) electrons. The third-order valence-electron chi connectivity index (χ3n) is 4.62. The van der Waals surface area contributed by atoms with Crippen molar-refractivity contribution >= 4 is 17.8 Å². The van der Waals surface area contributed by atoms with Gasteiger partial charge in [-0.2, -0.15) is 0 Å². The Morgan fingerprint density at radius 3 is 2.56 bits per heavy atom. The molecule has 2 aromatic rings. The maximum absolute atomic E-state index is 12.9. The van der Waals surface area contributed by atoms with Crippen molar-refractivity contribution in [1.82, 2.24) is 9.88 Å². The van der Waals surface area contributed by atoms with Gasteiger partial charge in [0.1, 0.15) is 11.6 Å². The predicted molar refractivity (Wildman–Crippen MR) is 97.7 cm³/mol. The van der Waals surface area contributed by atoms with Crippen molar-refractivity contribution in [2.24, 2.45) is 0 Å². The Morgan fingerprint density at radius 2 is 1.92 bits per heavy atom. The van der Waals surface area contributed by atoms with Gasteiger partial charge < -0.3 is 9.80 Å². The lowest BCUT2D eigenvalue weighted by Gasteiger charge is -2.37. The number of pyridine rings is 1. The summed E-state index contributed by atoms with van der Waals surface area (Å²) in [6.07, 6.45) is 6.92. The molecule has 5 heteroatoms. The third-order valence-corrected chi connectivity index (χ3v) is 4.62. The van der Waals surface area contributed by atoms with E-state index < -0.39 is 0 Å². The lowest BCUT2D eigenvalue weighted by atomic mass is 10.0. The minimum Gasteiger partial charge on any atom is -0.356 e. The highest BCUT2D eigenvalue weighted by atomic mass is 19.1. The normalized spacial score (nSPS) is 15.5. The molecule has 1 aliphatic heterocycles. The minimum absolute atomic E-state index is 0.0272. The van der Waals surface area contributed by atoms with E-state index in [1.165, 1.54) is 12.1 Å². The Balaban J connectivity index is 1.54. The Hall–Kier alpha value is -2.69. The van der Waals surface area contributed by atoms with Crippen LogP contribution in [-0.2, 0) is 4.79 Å². The van der Waals surface area contributed by atoms with Gasteiger partial charge in [0.2, 0.25) is 5.91 Å². The molecule has 1 aromatic carbocycles. The quantitative estimate of drug-likeness (QED) is 0.802. The second-order valence-corrected chi connectivity index (χ2v) is 6.24. The van der Waals surface area contributed by atoms with Crippen LogP contribution < -0.4 is 4.90 Å². The van der Waals surface area contributed by atoms with Gasteiger partial charge in [0, 0.05) is 38.5 Å². The first-order valence-corrected chi connectivity index (χ1v) is 8.50. The lowest BCUT2D eigenvalue weighted by molar-refractivity contribution is -0.127. The summed E-state index contributed by atoms with van der Waals surface area (Å²) >= 11 is 0. The van der Waals surface area contributed by atoms with Gasteiger partial charge in [-0.1, -0.05) is 18.2 Å². The van der Waals surface area contributed by atoms with E-state index in [9.17, 15) is 9.18 Å². The summed E-state index contributed by atoms with van der Waals surface area (Å²) in [4.78, 5) is 20.8. The van der Waals surface area contributed by atoms with Crippen LogP contribution in [0.2, 0.25) is 0 Å². The first-order valence-electron chi connectivity index (χ1n) is 8.50. The van der Waals surface area contributed by atoms with Crippen LogP contribution in [0.1, 0.15) is 18.4 Å². The largest absolute Gasteiger partial charge is 0.356 e. The van der Waals surface area contributed by atoms with Gasteiger partial charge >= 0.3 is 0 Å². The van der Waals surface area contributed by atoms with E-state index in [1.54, 1.807) is 35.4 Å². The molecule has 130 valence electrons. The average molecular weight is 339 g/mol. The van der Waals surface area contributed by atoms with Crippen molar-refractivity contribution in [3.05, 3.63) is 66.1 Å². The lowest BCUT2D eigenvalue weighted by Crippen LogP contribution is -2.45. The van der Waals surface area contributed by atoms with Crippen molar-refractivity contribution in [3.8, 4) is 0 Å². The summed E-state index contributed by atoms with van der Waals surface area (Å²) in [5.74, 6) is 0.687. The third kappa shape index (κ3) is 4.44. The van der Waals surface area contributed by atoms with Gasteiger partial charge in [-0.15, -0.1) is 0 Å². The molecule has 0 aliphatic carbocycles. The molecule has 1 aromatic heterocycles. The zero-order valence-corrected chi connectivity index (χ0v) is 14.3. The number of likely N-dealkylation sites (N-methyl/N-ethyl adjacent to an activating group) is 1. The van der Waals surface area contributed by atoms with Gasteiger partial charge in [0.15, 0.2) is 0 Å². The number of anilines is 1. The number of hydrogen-bond donors (Lipinski definition) is 0. The Morgan fingerprint density at radius 1 is 1.20 bits per heavy atom. The van der Waals surface area contributed by atoms with E-state index in [2.05, 4.69) is 9.88 Å². The molecule has 2 heterocycles. The van der Waals surface area contributed by atoms with Crippen molar-refractivity contribution < 1.29 is 9.18 Å². The number of aromatic nitrogens is 1. The number of amides is 1. The smallest absolute Gasteiger partial charge is 0.246 e. The molecule has 0 bridgehead atoms. The van der Waals surface area contributed by atoms with Gasteiger partial charge in [0.25, 0.3) is 0 Å². The van der Waals surface area contributed by atoms with E-state index in [0.29, 0.717) is 0 Å². The van der Waals surface area contributed by atoms with E-state index in [-0.39, 0.29) is 17.8 Å². The van der Waals surface area contributed by atoms with Crippen LogP contribution in [0.25, 0.3) is 6.08 Å². The fraction of sp³-hybridized carbons (Fsp3) is 0.300. The zero-order chi connectivity index (χ0) is 17.6. The van der Waals surface area contributed by atoms with E-state index >= 15 is 0 Å². The maximum atomic E-state index is 12.9. The molecule has 25 heavy (non-hydrogen) atoms. The molecule has 1 saturated heterocycles. The number of piperidine rings is 1. The van der Waals surface area contributed by atoms with Gasteiger partial charge in [-0.3, -0.25) is 4.79 Å². The van der Waals surface area contributed by atoms with Crippen LogP contribution in [0.15, 0.2) is 54.7 Å². The summed E-state index contributed by atoms with van der Waals surface area (Å²) in [6.45, 7) is 1.78. The monoisotopic (exact) mass is 339 g/mol. The molecular weight excluding hydrogens is 317 g/mol. The molecule has 3 rings (SSSR count). The standard InChI is InChI=1S/C20H22FN3O/c1-23(20(25)10-7-16-5-8-17(21)9-6-16)18-11-14-24(15-12-18)19-4-2-3-13-22-19/h2-10,13,18H,11-12,14-15H2,1H3. The highest BCUT2D eigenvalue weighted by Crippen LogP contribution is 2.20. The Labute approximate surface area is 147 Å². The van der Waals surface area contributed by atoms with Crippen molar-refractivity contribution in [2.45, 2.75) is 18.9 Å². The van der Waals surface area contributed by atoms with Crippen LogP contribution in [-0.4, -0.2) is 42.0 Å². The van der Waals surface area contributed by atoms with Crippen molar-refractivity contribution in [1.29, 1.82) is 0 Å². The number of benzene rings is 1. The summed E-state index contributed by atoms with van der Waals surface area (Å²) in [6, 6.07) is 12.2. The number of hydrogen-bond acceptors (Lipinski definition) is 3. The summed E-state index contributed by atoms with van der Waals surface area (Å²) in [7, 11) is 1.85. The van der Waals surface area contributed by atoms with E-state index in [0.717, 1.165) is 37.3 Å². The second-order valence-electron chi connectivity index (χ2n) is 6.24. The molecule has 0 saturated carbocycles. The predicted octanol–water partition coefficient (Wildman–Crippen LogP) is 3.36. The second kappa shape index (κ2) is 7.92. The van der Waals surface area contributed by atoms with Crippen LogP contribution in [0, 0.1) is 5.82 Å². The maximum Gasteiger partial charge on any atom is 0.246 e. The summed E-state index contributed by atoms with van der Waals surface area (Å²) in [5.41, 5.74) is 0.813. The van der Waals surface area contributed by atoms with Crippen LogP contribution in [0.4, 0.5) is 10.2 Å². The fourth-order valence-corrected chi connectivity index (χ4v) is 3.06. The first kappa shape index (κ1) is 17.1. The molecule has 0 N–H and O–H groups in total. The Bertz CT molecular complexity index is 722. The minimum atomic E-state index is -0.278. The first-order chi connectivity index (χ1) is 12.1. The molecule has 1 aliphatic rings. The highest BCUT2D eigenvalue weighted by molar-refractivity contribution is 5.91. The van der Waals surface area contributed by atoms with Crippen LogP contribution >= 0.6 is 0 Å². The van der Waals surface area contributed by atoms with Crippen molar-refractivity contribution in [2.75, 3.05) is 25.0 Å². The number of nitrogens with zero attached hydrogens (tertiary/aromatic N) is 3. The highest BCUT2D eigenvalue weighted by Gasteiger charge is 2.24. The van der Waals surface area contributed by atoms with Gasteiger partial charge in [-0.05, 0) is 48.7 Å². The molecule has 0 unspecified atom stereocenters. The molecule has 1 fully saturated rings. The molecule has 4 nitrogen and oxygen atoms in total. The van der Waals surface area contributed by atoms with Gasteiger partial charge in [-0.25, -0.2) is 9.37 Å². The van der Waals surface area contributed by atoms with Crippen molar-refractivity contribution in [3.63, 3.8) is 0 Å². The molecule has 1 amide bonds. The number of carbonyl (C=O) groups excluding carboxylic acids is 1. The number of rotatable bonds is 4. The number of carbonyl (C=O) groups is 1. The van der Waals surface area contributed by atoms with Crippen LogP contribution in [0.5, 0.6) is 0 Å². The average Bonchev–Trinajstić information content (AvgIpc) is 2.67. The molecular formula is C20H22FN3O. The summed E-state index contributed by atoms with van der Waals surface area (Å²) in [5, 5.41) is 0. The van der Waals surface area contributed by atoms with E-state index in [1.807, 2.05) is 25.2 Å². The van der Waals surface area contributed by atoms with Crippen LogP contribution in [0.3, 0.4) is 0 Å². The van der Waals surface area contributed by atoms with E-state index in [4.69, 9.17) is 0 Å².